The maximum absolute atomic E-state index is 13.5. The molecule has 0 aromatic heterocycles. The second-order valence-electron chi connectivity index (χ2n) is 6.01. The molecule has 31 heavy (non-hydrogen) atoms. The molecule has 0 rings (SSSR count). The predicted molar refractivity (Wildman–Crippen MR) is 83.0 cm³/mol. The fourth-order valence-electron chi connectivity index (χ4n) is 1.71. The average Bonchev–Trinajstić information content (AvgIpc) is 2.54. The molecule has 1 atom stereocenters. The van der Waals surface area contributed by atoms with Crippen LogP contribution in [0.1, 0.15) is 26.7 Å². The fourth-order valence-corrected chi connectivity index (χ4v) is 2.19. The molecule has 182 valence electrons. The first-order chi connectivity index (χ1) is 13.6. The van der Waals surface area contributed by atoms with Crippen molar-refractivity contribution < 1.29 is 71.9 Å². The van der Waals surface area contributed by atoms with E-state index in [1.807, 2.05) is 0 Å². The molecule has 1 N–H and O–H groups in total. The van der Waals surface area contributed by atoms with Crippen molar-refractivity contribution in [3.05, 3.63) is 12.4 Å². The molecule has 0 fully saturated rings. The van der Waals surface area contributed by atoms with E-state index in [0.717, 1.165) is 13.8 Å². The molecule has 0 aliphatic carbocycles. The molecule has 0 bridgehead atoms. The van der Waals surface area contributed by atoms with E-state index < -0.39 is 76.6 Å². The van der Waals surface area contributed by atoms with Crippen molar-refractivity contribution in [2.45, 2.75) is 55.9 Å². The van der Waals surface area contributed by atoms with Crippen molar-refractivity contribution in [3.63, 3.8) is 0 Å². The Morgan fingerprint density at radius 2 is 1.55 bits per heavy atom. The van der Waals surface area contributed by atoms with Crippen LogP contribution in [-0.4, -0.2) is 60.8 Å². The molecule has 17 heteroatoms. The van der Waals surface area contributed by atoms with E-state index in [-0.39, 0.29) is 0 Å². The summed E-state index contributed by atoms with van der Waals surface area (Å²) >= 11 is 0. The Morgan fingerprint density at radius 3 is 1.90 bits per heavy atom. The van der Waals surface area contributed by atoms with Crippen molar-refractivity contribution in [2.24, 2.45) is 0 Å². The first kappa shape index (κ1) is 29.0. The molecule has 0 heterocycles. The number of hydrogen-bond acceptors (Lipinski definition) is 7. The van der Waals surface area contributed by atoms with Gasteiger partial charge in [-0.05, 0) is 20.3 Å². The Labute approximate surface area is 169 Å². The van der Waals surface area contributed by atoms with Crippen molar-refractivity contribution in [2.75, 3.05) is 6.61 Å². The third-order valence-corrected chi connectivity index (χ3v) is 4.08. The number of rotatable bonds is 11. The molecule has 0 saturated carbocycles. The molecule has 0 saturated heterocycles. The largest absolute Gasteiger partial charge is 0.468 e. The molecule has 8 nitrogen and oxygen atoms in total. The molecule has 0 aliphatic rings. The van der Waals surface area contributed by atoms with Crippen LogP contribution in [0.5, 0.6) is 0 Å². The van der Waals surface area contributed by atoms with E-state index in [4.69, 9.17) is 4.55 Å². The van der Waals surface area contributed by atoms with E-state index >= 15 is 0 Å². The number of carbonyl (C=O) groups is 2. The van der Waals surface area contributed by atoms with Crippen molar-refractivity contribution in [1.82, 2.24) is 0 Å². The number of alkyl halides is 7. The SMILES string of the molecule is C=C(F)C(=O)OC(OCCCC(F)(F)C(F)(F)S(=O)(=O)O)(C(=O)OC(C)C)C(F)(F)F. The summed E-state index contributed by atoms with van der Waals surface area (Å²) in [6.07, 6.45) is -10.9. The van der Waals surface area contributed by atoms with E-state index in [0.29, 0.717) is 0 Å². The number of ether oxygens (including phenoxy) is 3. The fraction of sp³-hybridized carbons (Fsp3) is 0.714. The summed E-state index contributed by atoms with van der Waals surface area (Å²) in [5.41, 5.74) is 0. The zero-order valence-electron chi connectivity index (χ0n) is 15.6. The predicted octanol–water partition coefficient (Wildman–Crippen LogP) is 3.14. The van der Waals surface area contributed by atoms with Crippen LogP contribution in [0.25, 0.3) is 0 Å². The van der Waals surface area contributed by atoms with Gasteiger partial charge in [0.05, 0.1) is 12.7 Å². The summed E-state index contributed by atoms with van der Waals surface area (Å²) in [5, 5.41) is -6.00. The Balaban J connectivity index is 5.77. The van der Waals surface area contributed by atoms with Crippen LogP contribution in [0.15, 0.2) is 12.4 Å². The second kappa shape index (κ2) is 9.64. The van der Waals surface area contributed by atoms with E-state index in [1.165, 1.54) is 0 Å². The van der Waals surface area contributed by atoms with Gasteiger partial charge in [-0.25, -0.2) is 9.59 Å². The van der Waals surface area contributed by atoms with Gasteiger partial charge >= 0.3 is 45.2 Å². The third kappa shape index (κ3) is 6.73. The quantitative estimate of drug-likeness (QED) is 0.116. The van der Waals surface area contributed by atoms with Crippen LogP contribution in [0.2, 0.25) is 0 Å². The van der Waals surface area contributed by atoms with Gasteiger partial charge in [0, 0.05) is 6.42 Å². The smallest absolute Gasteiger partial charge is 0.458 e. The van der Waals surface area contributed by atoms with Crippen molar-refractivity contribution in [1.29, 1.82) is 0 Å². The zero-order valence-corrected chi connectivity index (χ0v) is 16.5. The summed E-state index contributed by atoms with van der Waals surface area (Å²) in [7, 11) is -6.60. The van der Waals surface area contributed by atoms with Crippen LogP contribution in [-0.2, 0) is 33.9 Å². The Morgan fingerprint density at radius 1 is 1.06 bits per heavy atom. The zero-order chi connectivity index (χ0) is 25.1. The highest BCUT2D eigenvalue weighted by molar-refractivity contribution is 7.87. The maximum Gasteiger partial charge on any atom is 0.468 e. The van der Waals surface area contributed by atoms with Gasteiger partial charge in [-0.2, -0.15) is 43.5 Å². The maximum atomic E-state index is 13.5. The van der Waals surface area contributed by atoms with Gasteiger partial charge in [-0.1, -0.05) is 6.58 Å². The van der Waals surface area contributed by atoms with Gasteiger partial charge in [-0.3, -0.25) is 4.55 Å². The van der Waals surface area contributed by atoms with Crippen molar-refractivity contribution >= 4 is 22.1 Å². The molecule has 0 aliphatic heterocycles. The van der Waals surface area contributed by atoms with E-state index in [9.17, 15) is 53.1 Å². The molecule has 1 unspecified atom stereocenters. The van der Waals surface area contributed by atoms with Crippen molar-refractivity contribution in [3.8, 4) is 0 Å². The average molecular weight is 496 g/mol. The minimum atomic E-state index is -6.60. The molecular formula is C14H16F8O8S. The van der Waals surface area contributed by atoms with Gasteiger partial charge < -0.3 is 14.2 Å². The summed E-state index contributed by atoms with van der Waals surface area (Å²) in [5.74, 6) is -17.2. The summed E-state index contributed by atoms with van der Waals surface area (Å²) in [4.78, 5) is 23.1. The highest BCUT2D eigenvalue weighted by atomic mass is 32.2. The Bertz CT molecular complexity index is 793. The lowest BCUT2D eigenvalue weighted by molar-refractivity contribution is -0.356. The topological polar surface area (TPSA) is 116 Å². The minimum absolute atomic E-state index is 1.05. The monoisotopic (exact) mass is 496 g/mol. The van der Waals surface area contributed by atoms with Gasteiger partial charge in [-0.15, -0.1) is 0 Å². The van der Waals surface area contributed by atoms with Gasteiger partial charge in [0.25, 0.3) is 0 Å². The summed E-state index contributed by atoms with van der Waals surface area (Å²) < 4.78 is 147. The normalized spacial score (nSPS) is 15.4. The van der Waals surface area contributed by atoms with Crippen LogP contribution < -0.4 is 0 Å². The highest BCUT2D eigenvalue weighted by Gasteiger charge is 2.68. The molecular weight excluding hydrogens is 480 g/mol. The lowest BCUT2D eigenvalue weighted by Crippen LogP contribution is -2.58. The minimum Gasteiger partial charge on any atom is -0.458 e. The van der Waals surface area contributed by atoms with E-state index in [1.54, 1.807) is 0 Å². The molecule has 0 aromatic rings. The van der Waals surface area contributed by atoms with Gasteiger partial charge in [0.2, 0.25) is 5.83 Å². The first-order valence-corrected chi connectivity index (χ1v) is 9.28. The lowest BCUT2D eigenvalue weighted by Gasteiger charge is -2.32. The van der Waals surface area contributed by atoms with Crippen LogP contribution in [0.4, 0.5) is 35.1 Å². The number of esters is 2. The second-order valence-corrected chi connectivity index (χ2v) is 7.47. The molecule has 0 aromatic carbocycles. The standard InChI is InChI=1S/C14H16F8O8S/c1-7(2)29-10(24)12(13(18,19)20,30-9(23)8(3)15)28-6-4-5-11(16,17)14(21,22)31(25,26)27/h7H,3-6H2,1-2H3,(H,25,26,27). The van der Waals surface area contributed by atoms with Gasteiger partial charge in [0.15, 0.2) is 0 Å². The third-order valence-electron chi connectivity index (χ3n) is 3.13. The number of halogens is 8. The number of hydrogen-bond donors (Lipinski definition) is 1. The molecule has 0 radical (unpaired) electrons. The van der Waals surface area contributed by atoms with E-state index in [2.05, 4.69) is 20.8 Å². The lowest BCUT2D eigenvalue weighted by atomic mass is 10.2. The number of carbonyl (C=O) groups excluding carboxylic acids is 2. The van der Waals surface area contributed by atoms with Crippen LogP contribution in [0.3, 0.4) is 0 Å². The Hall–Kier alpha value is -2.01. The summed E-state index contributed by atoms with van der Waals surface area (Å²) in [6.45, 7) is 2.77. The molecule has 0 spiro atoms. The molecule has 0 amide bonds. The van der Waals surface area contributed by atoms with Crippen LogP contribution >= 0.6 is 0 Å². The highest BCUT2D eigenvalue weighted by Crippen LogP contribution is 2.42. The first-order valence-electron chi connectivity index (χ1n) is 7.84. The Kier molecular flexibility index (Phi) is 9.02. The van der Waals surface area contributed by atoms with Crippen LogP contribution in [0, 0.1) is 0 Å². The van der Waals surface area contributed by atoms with Gasteiger partial charge in [0.1, 0.15) is 0 Å². The summed E-state index contributed by atoms with van der Waals surface area (Å²) in [6, 6.07) is 0.